The third kappa shape index (κ3) is 3.21. The van der Waals surface area contributed by atoms with Crippen LogP contribution in [0.25, 0.3) is 0 Å². The number of hydrogen-bond acceptors (Lipinski definition) is 7. The van der Waals surface area contributed by atoms with Crippen molar-refractivity contribution in [3.63, 3.8) is 0 Å². The van der Waals surface area contributed by atoms with E-state index >= 15 is 0 Å². The molecule has 1 saturated heterocycles. The summed E-state index contributed by atoms with van der Waals surface area (Å²) in [6.45, 7) is 4.78. The first-order valence-corrected chi connectivity index (χ1v) is 9.39. The highest BCUT2D eigenvalue weighted by Gasteiger charge is 2.29. The van der Waals surface area contributed by atoms with Gasteiger partial charge in [-0.3, -0.25) is 0 Å². The molecule has 1 aromatic heterocycles. The third-order valence-corrected chi connectivity index (χ3v) is 5.73. The number of rotatable bonds is 3. The van der Waals surface area contributed by atoms with Crippen LogP contribution in [0.15, 0.2) is 0 Å². The van der Waals surface area contributed by atoms with E-state index in [2.05, 4.69) is 22.1 Å². The number of anilines is 2. The van der Waals surface area contributed by atoms with Gasteiger partial charge in [-0.05, 0) is 31.4 Å². The number of nitrogens with two attached hydrogens (primary N) is 1. The summed E-state index contributed by atoms with van der Waals surface area (Å²) < 4.78 is 1.01. The maximum atomic E-state index is 6.20. The standard InChI is InChI=1S/C15H23N5S2/c1-2-22-14(21)12-9-17-7-8-20(12)15-18-11-6-4-3-5-10(11)13(16)19-15/h12,17H,2-9H2,1H3,(H2,16,18,19). The summed E-state index contributed by atoms with van der Waals surface area (Å²) in [7, 11) is 0. The number of nitrogen functional groups attached to an aromatic ring is 1. The second kappa shape index (κ2) is 7.10. The molecule has 0 saturated carbocycles. The zero-order chi connectivity index (χ0) is 15.5. The monoisotopic (exact) mass is 337 g/mol. The number of fused-ring (bicyclic) bond motifs is 1. The Balaban J connectivity index is 1.90. The Labute approximate surface area is 141 Å². The van der Waals surface area contributed by atoms with Crippen LogP contribution in [0.4, 0.5) is 11.8 Å². The SMILES string of the molecule is CCSC(=S)C1CNCCN1c1nc(N)c2c(n1)CCCC2. The second-order valence-electron chi connectivity index (χ2n) is 5.71. The van der Waals surface area contributed by atoms with Crippen molar-refractivity contribution in [2.75, 3.05) is 36.0 Å². The minimum atomic E-state index is 0.162. The van der Waals surface area contributed by atoms with Gasteiger partial charge in [-0.2, -0.15) is 4.98 Å². The molecule has 3 N–H and O–H groups in total. The lowest BCUT2D eigenvalue weighted by Crippen LogP contribution is -2.54. The zero-order valence-corrected chi connectivity index (χ0v) is 14.6. The highest BCUT2D eigenvalue weighted by atomic mass is 32.2. The Morgan fingerprint density at radius 3 is 3.05 bits per heavy atom. The molecule has 3 rings (SSSR count). The molecule has 1 fully saturated rings. The van der Waals surface area contributed by atoms with Gasteiger partial charge in [-0.1, -0.05) is 19.1 Å². The fourth-order valence-corrected chi connectivity index (χ4v) is 4.38. The maximum absolute atomic E-state index is 6.20. The van der Waals surface area contributed by atoms with Gasteiger partial charge < -0.3 is 16.0 Å². The van der Waals surface area contributed by atoms with E-state index in [4.69, 9.17) is 22.9 Å². The highest BCUT2D eigenvalue weighted by molar-refractivity contribution is 8.23. The number of aryl methyl sites for hydroxylation is 1. The first-order valence-electron chi connectivity index (χ1n) is 8.00. The first-order chi connectivity index (χ1) is 10.7. The van der Waals surface area contributed by atoms with Gasteiger partial charge in [-0.15, -0.1) is 11.8 Å². The zero-order valence-electron chi connectivity index (χ0n) is 13.0. The molecular weight excluding hydrogens is 314 g/mol. The van der Waals surface area contributed by atoms with E-state index < -0.39 is 0 Å². The van der Waals surface area contributed by atoms with E-state index in [1.54, 1.807) is 11.8 Å². The molecule has 1 aliphatic heterocycles. The highest BCUT2D eigenvalue weighted by Crippen LogP contribution is 2.27. The number of piperazine rings is 1. The molecule has 0 bridgehead atoms. The molecule has 22 heavy (non-hydrogen) atoms. The fourth-order valence-electron chi connectivity index (χ4n) is 3.13. The Kier molecular flexibility index (Phi) is 5.15. The van der Waals surface area contributed by atoms with Gasteiger partial charge >= 0.3 is 0 Å². The van der Waals surface area contributed by atoms with Crippen molar-refractivity contribution in [2.24, 2.45) is 0 Å². The molecule has 120 valence electrons. The lowest BCUT2D eigenvalue weighted by molar-refractivity contribution is 0.539. The number of nitrogens with zero attached hydrogens (tertiary/aromatic N) is 3. The molecule has 1 aliphatic carbocycles. The number of nitrogens with one attached hydrogen (secondary N) is 1. The quantitative estimate of drug-likeness (QED) is 0.815. The molecule has 7 heteroatoms. The lowest BCUT2D eigenvalue weighted by atomic mass is 9.96. The molecule has 0 radical (unpaired) electrons. The Bertz CT molecular complexity index is 563. The smallest absolute Gasteiger partial charge is 0.228 e. The molecule has 1 aromatic rings. The summed E-state index contributed by atoms with van der Waals surface area (Å²) in [5.41, 5.74) is 8.50. The van der Waals surface area contributed by atoms with Crippen molar-refractivity contribution in [1.82, 2.24) is 15.3 Å². The molecule has 1 atom stereocenters. The summed E-state index contributed by atoms with van der Waals surface area (Å²) in [4.78, 5) is 11.7. The fraction of sp³-hybridized carbons (Fsp3) is 0.667. The van der Waals surface area contributed by atoms with E-state index in [1.165, 1.54) is 12.8 Å². The van der Waals surface area contributed by atoms with Gasteiger partial charge in [-0.25, -0.2) is 4.98 Å². The van der Waals surface area contributed by atoms with Crippen LogP contribution in [0.5, 0.6) is 0 Å². The van der Waals surface area contributed by atoms with Crippen LogP contribution in [0.2, 0.25) is 0 Å². The molecule has 0 amide bonds. The van der Waals surface area contributed by atoms with Crippen molar-refractivity contribution < 1.29 is 0 Å². The number of aromatic nitrogens is 2. The van der Waals surface area contributed by atoms with Gasteiger partial charge in [0.2, 0.25) is 5.95 Å². The number of thiocarbonyl (C=S) groups is 1. The maximum Gasteiger partial charge on any atom is 0.228 e. The van der Waals surface area contributed by atoms with E-state index in [-0.39, 0.29) is 6.04 Å². The van der Waals surface area contributed by atoms with Crippen LogP contribution in [-0.4, -0.2) is 45.6 Å². The molecule has 2 heterocycles. The van der Waals surface area contributed by atoms with Crippen LogP contribution < -0.4 is 16.0 Å². The van der Waals surface area contributed by atoms with Crippen molar-refractivity contribution in [3.05, 3.63) is 11.3 Å². The second-order valence-corrected chi connectivity index (χ2v) is 7.71. The van der Waals surface area contributed by atoms with Crippen molar-refractivity contribution in [2.45, 2.75) is 38.6 Å². The van der Waals surface area contributed by atoms with Crippen LogP contribution in [0, 0.1) is 0 Å². The van der Waals surface area contributed by atoms with Crippen LogP contribution in [-0.2, 0) is 12.8 Å². The molecular formula is C15H23N5S2. The van der Waals surface area contributed by atoms with E-state index in [0.717, 1.165) is 59.6 Å². The summed E-state index contributed by atoms with van der Waals surface area (Å²) in [6, 6.07) is 0.162. The summed E-state index contributed by atoms with van der Waals surface area (Å²) in [6.07, 6.45) is 4.40. The largest absolute Gasteiger partial charge is 0.383 e. The Morgan fingerprint density at radius 1 is 1.41 bits per heavy atom. The van der Waals surface area contributed by atoms with Crippen molar-refractivity contribution >= 4 is 39.9 Å². The van der Waals surface area contributed by atoms with Gasteiger partial charge in [0, 0.05) is 25.2 Å². The predicted octanol–water partition coefficient (Wildman–Crippen LogP) is 1.80. The number of hydrogen-bond donors (Lipinski definition) is 2. The molecule has 0 spiro atoms. The molecule has 2 aliphatic rings. The van der Waals surface area contributed by atoms with E-state index in [0.29, 0.717) is 5.82 Å². The minimum Gasteiger partial charge on any atom is -0.383 e. The average molecular weight is 338 g/mol. The number of thioether (sulfide) groups is 1. The average Bonchev–Trinajstić information content (AvgIpc) is 2.55. The van der Waals surface area contributed by atoms with Crippen LogP contribution in [0.3, 0.4) is 0 Å². The van der Waals surface area contributed by atoms with Crippen LogP contribution >= 0.6 is 24.0 Å². The Hall–Kier alpha value is -0.920. The summed E-state index contributed by atoms with van der Waals surface area (Å²) >= 11 is 7.33. The van der Waals surface area contributed by atoms with Crippen molar-refractivity contribution in [3.8, 4) is 0 Å². The lowest BCUT2D eigenvalue weighted by Gasteiger charge is -2.36. The van der Waals surface area contributed by atoms with Gasteiger partial charge in [0.05, 0.1) is 15.9 Å². The Morgan fingerprint density at radius 2 is 2.23 bits per heavy atom. The van der Waals surface area contributed by atoms with E-state index in [9.17, 15) is 0 Å². The summed E-state index contributed by atoms with van der Waals surface area (Å²) in [5, 5.41) is 3.42. The molecule has 0 aromatic carbocycles. The summed E-state index contributed by atoms with van der Waals surface area (Å²) in [5.74, 6) is 2.41. The van der Waals surface area contributed by atoms with E-state index in [1.807, 2.05) is 0 Å². The van der Waals surface area contributed by atoms with Crippen LogP contribution in [0.1, 0.15) is 31.0 Å². The third-order valence-electron chi connectivity index (χ3n) is 4.26. The van der Waals surface area contributed by atoms with Gasteiger partial charge in [0.25, 0.3) is 0 Å². The minimum absolute atomic E-state index is 0.162. The first kappa shape index (κ1) is 16.0. The predicted molar refractivity (Wildman–Crippen MR) is 97.8 cm³/mol. The normalized spacial score (nSPS) is 21.5. The molecule has 5 nitrogen and oxygen atoms in total. The van der Waals surface area contributed by atoms with Gasteiger partial charge in [0.15, 0.2) is 0 Å². The topological polar surface area (TPSA) is 67.1 Å². The molecule has 1 unspecified atom stereocenters. The van der Waals surface area contributed by atoms with Crippen molar-refractivity contribution in [1.29, 1.82) is 0 Å². The van der Waals surface area contributed by atoms with Gasteiger partial charge in [0.1, 0.15) is 5.82 Å².